The zero-order chi connectivity index (χ0) is 15.5. The minimum atomic E-state index is -3.72. The Morgan fingerprint density at radius 1 is 1.38 bits per heavy atom. The van der Waals surface area contributed by atoms with E-state index in [1.54, 1.807) is 25.1 Å². The van der Waals surface area contributed by atoms with Gasteiger partial charge in [-0.05, 0) is 36.3 Å². The van der Waals surface area contributed by atoms with Crippen LogP contribution in [0.4, 0.5) is 5.69 Å². The number of aliphatic carboxylic acids is 1. The van der Waals surface area contributed by atoms with Crippen LogP contribution >= 0.6 is 0 Å². The van der Waals surface area contributed by atoms with Gasteiger partial charge in [-0.15, -0.1) is 0 Å². The van der Waals surface area contributed by atoms with Gasteiger partial charge < -0.3 is 5.11 Å². The third-order valence-electron chi connectivity index (χ3n) is 2.55. The number of aromatic amines is 1. The van der Waals surface area contributed by atoms with Gasteiger partial charge in [-0.3, -0.25) is 9.82 Å². The lowest BCUT2D eigenvalue weighted by molar-refractivity contribution is -0.131. The van der Waals surface area contributed by atoms with Gasteiger partial charge in [0.25, 0.3) is 10.0 Å². The summed E-state index contributed by atoms with van der Waals surface area (Å²) in [5.74, 6) is -1.07. The molecule has 3 N–H and O–H groups in total. The Hall–Kier alpha value is -2.61. The number of sulfonamides is 1. The number of aryl methyl sites for hydroxylation is 1. The highest BCUT2D eigenvalue weighted by atomic mass is 32.2. The van der Waals surface area contributed by atoms with Gasteiger partial charge in [0.05, 0.1) is 6.20 Å². The number of carboxylic acid groups (broad SMARTS) is 1. The number of benzene rings is 1. The molecule has 110 valence electrons. The van der Waals surface area contributed by atoms with E-state index in [1.807, 2.05) is 0 Å². The first-order valence-electron chi connectivity index (χ1n) is 5.91. The highest BCUT2D eigenvalue weighted by Gasteiger charge is 2.15. The molecule has 0 saturated heterocycles. The Morgan fingerprint density at radius 2 is 2.14 bits per heavy atom. The number of carbonyl (C=O) groups is 1. The second-order valence-corrected chi connectivity index (χ2v) is 6.03. The van der Waals surface area contributed by atoms with Gasteiger partial charge in [-0.25, -0.2) is 13.2 Å². The summed E-state index contributed by atoms with van der Waals surface area (Å²) in [6, 6.07) is 4.94. The lowest BCUT2D eigenvalue weighted by Gasteiger charge is -2.08. The predicted molar refractivity (Wildman–Crippen MR) is 77.2 cm³/mol. The van der Waals surface area contributed by atoms with Crippen molar-refractivity contribution in [2.75, 3.05) is 4.72 Å². The molecule has 0 aliphatic carbocycles. The van der Waals surface area contributed by atoms with E-state index in [1.165, 1.54) is 18.5 Å². The number of H-pyrrole nitrogens is 1. The third-order valence-corrected chi connectivity index (χ3v) is 3.90. The van der Waals surface area contributed by atoms with Gasteiger partial charge in [0.15, 0.2) is 0 Å². The average molecular weight is 307 g/mol. The van der Waals surface area contributed by atoms with Crippen LogP contribution in [-0.2, 0) is 14.8 Å². The molecule has 7 nitrogen and oxygen atoms in total. The molecule has 1 aromatic heterocycles. The summed E-state index contributed by atoms with van der Waals surface area (Å²) in [5, 5.41) is 14.6. The smallest absolute Gasteiger partial charge is 0.328 e. The lowest BCUT2D eigenvalue weighted by atomic mass is 10.1. The molecule has 0 radical (unpaired) electrons. The molecule has 0 fully saturated rings. The number of hydrogen-bond acceptors (Lipinski definition) is 4. The Balaban J connectivity index is 2.31. The SMILES string of the molecule is Cc1cc(/C=C/C(=O)O)cc(NS(=O)(=O)c2cn[nH]c2)c1. The Kier molecular flexibility index (Phi) is 4.08. The van der Waals surface area contributed by atoms with Crippen molar-refractivity contribution >= 4 is 27.8 Å². The first-order valence-corrected chi connectivity index (χ1v) is 7.39. The summed E-state index contributed by atoms with van der Waals surface area (Å²) in [7, 11) is -3.72. The van der Waals surface area contributed by atoms with Crippen LogP contribution in [-0.4, -0.2) is 29.7 Å². The van der Waals surface area contributed by atoms with Crippen molar-refractivity contribution in [1.82, 2.24) is 10.2 Å². The number of carboxylic acids is 1. The predicted octanol–water partition coefficient (Wildman–Crippen LogP) is 1.62. The van der Waals surface area contributed by atoms with Crippen LogP contribution in [0.15, 0.2) is 41.6 Å². The molecule has 2 rings (SSSR count). The van der Waals surface area contributed by atoms with E-state index >= 15 is 0 Å². The van der Waals surface area contributed by atoms with Crippen LogP contribution in [0.1, 0.15) is 11.1 Å². The molecule has 0 aliphatic heterocycles. The van der Waals surface area contributed by atoms with Crippen LogP contribution in [0, 0.1) is 6.92 Å². The van der Waals surface area contributed by atoms with Gasteiger partial charge in [0.2, 0.25) is 0 Å². The van der Waals surface area contributed by atoms with Crippen molar-refractivity contribution < 1.29 is 18.3 Å². The molecule has 0 saturated carbocycles. The summed E-state index contributed by atoms with van der Waals surface area (Å²) in [4.78, 5) is 10.5. The third kappa shape index (κ3) is 3.93. The second-order valence-electron chi connectivity index (χ2n) is 4.34. The van der Waals surface area contributed by atoms with E-state index in [2.05, 4.69) is 14.9 Å². The van der Waals surface area contributed by atoms with Crippen molar-refractivity contribution in [3.8, 4) is 0 Å². The fourth-order valence-electron chi connectivity index (χ4n) is 1.74. The van der Waals surface area contributed by atoms with E-state index in [0.717, 1.165) is 11.6 Å². The van der Waals surface area contributed by atoms with Crippen molar-refractivity contribution in [2.45, 2.75) is 11.8 Å². The number of anilines is 1. The molecule has 0 aliphatic rings. The van der Waals surface area contributed by atoms with E-state index < -0.39 is 16.0 Å². The van der Waals surface area contributed by atoms with Gasteiger partial charge in [-0.2, -0.15) is 5.10 Å². The van der Waals surface area contributed by atoms with Crippen LogP contribution in [0.2, 0.25) is 0 Å². The number of nitrogens with one attached hydrogen (secondary N) is 2. The van der Waals surface area contributed by atoms with Crippen LogP contribution in [0.25, 0.3) is 6.08 Å². The molecule has 2 aromatic rings. The lowest BCUT2D eigenvalue weighted by Crippen LogP contribution is -2.12. The summed E-state index contributed by atoms with van der Waals surface area (Å²) in [6.45, 7) is 1.79. The fraction of sp³-hybridized carbons (Fsp3) is 0.0769. The largest absolute Gasteiger partial charge is 0.478 e. The maximum absolute atomic E-state index is 12.1. The summed E-state index contributed by atoms with van der Waals surface area (Å²) >= 11 is 0. The second kappa shape index (κ2) is 5.80. The minimum Gasteiger partial charge on any atom is -0.478 e. The first-order chi connectivity index (χ1) is 9.87. The van der Waals surface area contributed by atoms with E-state index in [-0.39, 0.29) is 4.90 Å². The quantitative estimate of drug-likeness (QED) is 0.727. The summed E-state index contributed by atoms with van der Waals surface area (Å²) < 4.78 is 26.6. The molecular weight excluding hydrogens is 294 g/mol. The van der Waals surface area contributed by atoms with Crippen LogP contribution < -0.4 is 4.72 Å². The van der Waals surface area contributed by atoms with Gasteiger partial charge in [0.1, 0.15) is 4.90 Å². The minimum absolute atomic E-state index is 0.0200. The van der Waals surface area contributed by atoms with Crippen molar-refractivity contribution in [3.63, 3.8) is 0 Å². The van der Waals surface area contributed by atoms with Gasteiger partial charge in [-0.1, -0.05) is 6.07 Å². The standard InChI is InChI=1S/C13H13N3O4S/c1-9-4-10(2-3-13(17)18)6-11(5-9)16-21(19,20)12-7-14-15-8-12/h2-8,16H,1H3,(H,14,15)(H,17,18)/b3-2+. The number of nitrogens with zero attached hydrogens (tertiary/aromatic N) is 1. The van der Waals surface area contributed by atoms with E-state index in [0.29, 0.717) is 11.3 Å². The Morgan fingerprint density at radius 3 is 2.76 bits per heavy atom. The zero-order valence-corrected chi connectivity index (χ0v) is 11.9. The summed E-state index contributed by atoms with van der Waals surface area (Å²) in [5.41, 5.74) is 1.73. The maximum Gasteiger partial charge on any atom is 0.328 e. The van der Waals surface area contributed by atoms with E-state index in [4.69, 9.17) is 5.11 Å². The van der Waals surface area contributed by atoms with Crippen molar-refractivity contribution in [2.24, 2.45) is 0 Å². The molecule has 0 atom stereocenters. The zero-order valence-electron chi connectivity index (χ0n) is 11.1. The van der Waals surface area contributed by atoms with Crippen molar-refractivity contribution in [3.05, 3.63) is 47.8 Å². The van der Waals surface area contributed by atoms with Crippen LogP contribution in [0.5, 0.6) is 0 Å². The molecule has 8 heteroatoms. The number of hydrogen-bond donors (Lipinski definition) is 3. The Labute approximate surface area is 121 Å². The van der Waals surface area contributed by atoms with Crippen LogP contribution in [0.3, 0.4) is 0 Å². The molecule has 0 spiro atoms. The number of rotatable bonds is 5. The van der Waals surface area contributed by atoms with Gasteiger partial charge >= 0.3 is 5.97 Å². The normalized spacial score (nSPS) is 11.7. The summed E-state index contributed by atoms with van der Waals surface area (Å²) in [6.07, 6.45) is 4.85. The first kappa shape index (κ1) is 14.8. The maximum atomic E-state index is 12.1. The molecule has 1 heterocycles. The molecule has 1 aromatic carbocycles. The highest BCUT2D eigenvalue weighted by molar-refractivity contribution is 7.92. The van der Waals surface area contributed by atoms with Crippen molar-refractivity contribution in [1.29, 1.82) is 0 Å². The monoisotopic (exact) mass is 307 g/mol. The Bertz CT molecular complexity index is 780. The topological polar surface area (TPSA) is 112 Å². The molecule has 0 amide bonds. The molecule has 21 heavy (non-hydrogen) atoms. The van der Waals surface area contributed by atoms with E-state index in [9.17, 15) is 13.2 Å². The number of aromatic nitrogens is 2. The average Bonchev–Trinajstić information content (AvgIpc) is 2.89. The molecular formula is C13H13N3O4S. The van der Waals surface area contributed by atoms with Gasteiger partial charge in [0, 0.05) is 18.0 Å². The fourth-order valence-corrected chi connectivity index (χ4v) is 2.68. The highest BCUT2D eigenvalue weighted by Crippen LogP contribution is 2.19. The molecule has 0 unspecified atom stereocenters. The molecule has 0 bridgehead atoms.